The fraction of sp³-hybridized carbons (Fsp3) is 0.462. The van der Waals surface area contributed by atoms with E-state index in [-0.39, 0.29) is 95.0 Å². The SMILES string of the molecule is CN1/C(=C/c2cc[n+](CCC[N+](C)(C)CCCCCC(=O)Nc3ccc(CC4CN(CC(=O)O)CCN(CC(=O)O)CCN(CC(=O)O)CCN4CC(=O)O)cc3)c3ccccc23)Sc2ccccc21.[64Cu]. The number of anilines is 2. The summed E-state index contributed by atoms with van der Waals surface area (Å²) in [5, 5.41) is 44.2. The van der Waals surface area contributed by atoms with Gasteiger partial charge in [-0.3, -0.25) is 43.6 Å². The molecule has 1 radical (unpaired) electrons. The molecule has 17 nitrogen and oxygen atoms in total. The van der Waals surface area contributed by atoms with Crippen molar-refractivity contribution in [3.63, 3.8) is 0 Å². The van der Waals surface area contributed by atoms with Gasteiger partial charge >= 0.3 is 23.9 Å². The number of fused-ring (bicyclic) bond motifs is 2. The molecule has 71 heavy (non-hydrogen) atoms. The number of amides is 1. The Morgan fingerprint density at radius 1 is 0.704 bits per heavy atom. The number of rotatable bonds is 22. The molecule has 1 unspecified atom stereocenters. The molecule has 3 aromatic carbocycles. The molecule has 19 heteroatoms. The predicted molar refractivity (Wildman–Crippen MR) is 272 cm³/mol. The van der Waals surface area contributed by atoms with Gasteiger partial charge in [-0.05, 0) is 73.2 Å². The second-order valence-electron chi connectivity index (χ2n) is 19.1. The first-order valence-corrected chi connectivity index (χ1v) is 25.0. The second-order valence-corrected chi connectivity index (χ2v) is 20.1. The van der Waals surface area contributed by atoms with Crippen molar-refractivity contribution >= 4 is 69.9 Å². The van der Waals surface area contributed by atoms with Crippen molar-refractivity contribution in [1.82, 2.24) is 19.6 Å². The number of carbonyl (C=O) groups is 5. The zero-order valence-corrected chi connectivity index (χ0v) is 42.8. The summed E-state index contributed by atoms with van der Waals surface area (Å²) in [4.78, 5) is 70.7. The van der Waals surface area contributed by atoms with Gasteiger partial charge < -0.3 is 35.1 Å². The molecule has 1 amide bonds. The van der Waals surface area contributed by atoms with Crippen LogP contribution >= 0.6 is 11.8 Å². The van der Waals surface area contributed by atoms with Gasteiger partial charge in [0.15, 0.2) is 12.7 Å². The fourth-order valence-corrected chi connectivity index (χ4v) is 10.5. The summed E-state index contributed by atoms with van der Waals surface area (Å²) in [6.07, 6.45) is 8.97. The van der Waals surface area contributed by atoms with Gasteiger partial charge in [0.05, 0.1) is 75.9 Å². The minimum absolute atomic E-state index is 0. The Labute approximate surface area is 431 Å². The summed E-state index contributed by atoms with van der Waals surface area (Å²) in [7, 11) is 6.67. The minimum atomic E-state index is -1.07. The normalized spacial score (nSPS) is 17.3. The number of hydrogen-bond donors (Lipinski definition) is 5. The molecule has 1 saturated heterocycles. The maximum absolute atomic E-state index is 13.0. The van der Waals surface area contributed by atoms with E-state index in [0.29, 0.717) is 18.5 Å². The van der Waals surface area contributed by atoms with Crippen molar-refractivity contribution in [1.29, 1.82) is 0 Å². The average Bonchev–Trinajstić information content (AvgIpc) is 3.62. The van der Waals surface area contributed by atoms with Crippen LogP contribution in [0.3, 0.4) is 0 Å². The van der Waals surface area contributed by atoms with Crippen LogP contribution in [0.1, 0.15) is 43.2 Å². The summed E-state index contributed by atoms with van der Waals surface area (Å²) in [5.41, 5.74) is 5.13. The van der Waals surface area contributed by atoms with Crippen molar-refractivity contribution in [2.45, 2.75) is 56.0 Å². The third-order valence-electron chi connectivity index (χ3n) is 13.1. The van der Waals surface area contributed by atoms with E-state index in [1.807, 2.05) is 12.1 Å². The summed E-state index contributed by atoms with van der Waals surface area (Å²) >= 11 is 1.80. The first-order valence-electron chi connectivity index (χ1n) is 24.1. The van der Waals surface area contributed by atoms with Gasteiger partial charge in [-0.1, -0.05) is 48.2 Å². The summed E-state index contributed by atoms with van der Waals surface area (Å²) in [6.45, 7) is 3.17. The largest absolute Gasteiger partial charge is 0.480 e. The molecule has 1 aromatic heterocycles. The number of aliphatic carboxylic acids is 4. The van der Waals surface area contributed by atoms with Crippen LogP contribution in [0.2, 0.25) is 0 Å². The molecular formula is C52H70CuN8O9S+2. The van der Waals surface area contributed by atoms with Gasteiger partial charge in [0.25, 0.3) is 0 Å². The summed E-state index contributed by atoms with van der Waals surface area (Å²) in [5.74, 6) is -4.33. The molecule has 0 bridgehead atoms. The quantitative estimate of drug-likeness (QED) is 0.0311. The molecular weight excluding hydrogens is 977 g/mol. The van der Waals surface area contributed by atoms with E-state index in [4.69, 9.17) is 0 Å². The van der Waals surface area contributed by atoms with Crippen molar-refractivity contribution in [3.8, 4) is 0 Å². The standard InChI is InChI=1S/C52H68N8O9S.Cu/c1-54-45-14-8-9-15-46(45)70-48(54)33-40-21-23-58(44-13-7-6-12-43(40)44)22-11-31-60(2,3)30-10-4-5-16-47(61)53-41-19-17-39(18-20-41)32-42-34-57(37-51(66)67)27-26-55(35-49(62)63)24-25-56(36-50(64)65)28-29-59(42)38-52(68)69;/h6-9,12-15,17-21,23,33,42H,4-5,10-11,16,22,24-32,34-38H2,1-3H3,(H3-2,53,61,62,63,64,65,66,67,68,69);/p+2/i;1+0. The third kappa shape index (κ3) is 18.0. The van der Waals surface area contributed by atoms with Crippen LogP contribution in [0.4, 0.5) is 11.4 Å². The number of carbonyl (C=O) groups excluding carboxylic acids is 1. The van der Waals surface area contributed by atoms with Crippen molar-refractivity contribution in [2.75, 3.05) is 116 Å². The number of pyridine rings is 1. The van der Waals surface area contributed by atoms with Crippen LogP contribution in [0.5, 0.6) is 0 Å². The molecule has 4 aromatic rings. The Morgan fingerprint density at radius 2 is 1.30 bits per heavy atom. The smallest absolute Gasteiger partial charge is 0.317 e. The molecule has 5 N–H and O–H groups in total. The molecule has 1 fully saturated rings. The van der Waals surface area contributed by atoms with Gasteiger partial charge in [-0.25, -0.2) is 0 Å². The molecule has 387 valence electrons. The van der Waals surface area contributed by atoms with Crippen LogP contribution in [0, 0.1) is 0 Å². The number of benzene rings is 3. The van der Waals surface area contributed by atoms with Crippen LogP contribution in [0.15, 0.2) is 95.0 Å². The first-order chi connectivity index (χ1) is 33.5. The van der Waals surface area contributed by atoms with Gasteiger partial charge in [-0.15, -0.1) is 0 Å². The number of aryl methyl sites for hydroxylation is 1. The van der Waals surface area contributed by atoms with Crippen molar-refractivity contribution in [2.24, 2.45) is 0 Å². The Morgan fingerprint density at radius 3 is 1.96 bits per heavy atom. The Bertz CT molecular complexity index is 2480. The van der Waals surface area contributed by atoms with E-state index in [2.05, 4.69) is 103 Å². The summed E-state index contributed by atoms with van der Waals surface area (Å²) in [6, 6.07) is 26.2. The number of carboxylic acids is 4. The van der Waals surface area contributed by atoms with E-state index in [1.165, 1.54) is 32.1 Å². The number of hydrogen-bond acceptors (Lipinski definition) is 11. The third-order valence-corrected chi connectivity index (χ3v) is 14.3. The Kier molecular flexibility index (Phi) is 21.9. The van der Waals surface area contributed by atoms with E-state index < -0.39 is 29.9 Å². The number of thioether (sulfide) groups is 1. The van der Waals surface area contributed by atoms with E-state index in [1.54, 1.807) is 43.5 Å². The first kappa shape index (κ1) is 56.5. The number of unbranched alkanes of at least 4 members (excludes halogenated alkanes) is 2. The van der Waals surface area contributed by atoms with Crippen LogP contribution in [-0.2, 0) is 54.0 Å². The molecule has 3 heterocycles. The Hall–Kier alpha value is -5.37. The number of para-hydroxylation sites is 2. The van der Waals surface area contributed by atoms with Crippen molar-refractivity contribution in [3.05, 3.63) is 101 Å². The molecule has 1 atom stereocenters. The van der Waals surface area contributed by atoms with Gasteiger partial charge in [0.2, 0.25) is 11.4 Å². The topological polar surface area (TPSA) is 198 Å². The van der Waals surface area contributed by atoms with E-state index in [0.717, 1.165) is 55.4 Å². The second kappa shape index (κ2) is 27.5. The molecule has 0 saturated carbocycles. The number of quaternary nitrogens is 1. The zero-order chi connectivity index (χ0) is 50.2. The molecule has 6 rings (SSSR count). The molecule has 2 aliphatic heterocycles. The number of carboxylic acid groups (broad SMARTS) is 4. The molecule has 2 aliphatic rings. The fourth-order valence-electron chi connectivity index (χ4n) is 9.37. The van der Waals surface area contributed by atoms with Gasteiger partial charge in [-0.2, -0.15) is 4.57 Å². The van der Waals surface area contributed by atoms with Gasteiger partial charge in [0, 0.05) is 105 Å². The maximum atomic E-state index is 13.0. The zero-order valence-electron chi connectivity index (χ0n) is 41.1. The maximum Gasteiger partial charge on any atom is 0.317 e. The van der Waals surface area contributed by atoms with Crippen LogP contribution in [-0.4, -0.2) is 187 Å². The molecule has 0 aliphatic carbocycles. The number of nitrogens with one attached hydrogen (secondary N) is 1. The molecule has 0 spiro atoms. The number of aromatic nitrogens is 1. The van der Waals surface area contributed by atoms with E-state index >= 15 is 0 Å². The van der Waals surface area contributed by atoms with Crippen LogP contribution < -0.4 is 14.8 Å². The predicted octanol–water partition coefficient (Wildman–Crippen LogP) is 4.80. The van der Waals surface area contributed by atoms with Crippen molar-refractivity contribution < 1.29 is 70.5 Å². The minimum Gasteiger partial charge on any atom is -0.480 e. The number of nitrogens with zero attached hydrogens (tertiary/aromatic N) is 7. The van der Waals surface area contributed by atoms with Gasteiger partial charge in [0.1, 0.15) is 0 Å². The average molecular weight is 1050 g/mol. The monoisotopic (exact) mass is 1050 g/mol. The Balaban J connectivity index is 0.00000937. The van der Waals surface area contributed by atoms with E-state index in [9.17, 15) is 44.4 Å². The summed E-state index contributed by atoms with van der Waals surface area (Å²) < 4.78 is 3.26. The van der Waals surface area contributed by atoms with Crippen LogP contribution in [0.25, 0.3) is 17.0 Å².